The first kappa shape index (κ1) is 15.5. The molecule has 0 spiro atoms. The van der Waals surface area contributed by atoms with Gasteiger partial charge in [-0.15, -0.1) is 5.10 Å². The molecule has 0 saturated carbocycles. The highest BCUT2D eigenvalue weighted by Crippen LogP contribution is 2.28. The summed E-state index contributed by atoms with van der Waals surface area (Å²) in [5.41, 5.74) is 4.48. The fraction of sp³-hybridized carbons (Fsp3) is 0.312. The largest absolute Gasteiger partial charge is 0.337 e. The van der Waals surface area contributed by atoms with Crippen molar-refractivity contribution >= 4 is 27.4 Å². The van der Waals surface area contributed by atoms with E-state index in [1.165, 1.54) is 0 Å². The molecule has 21 heavy (non-hydrogen) atoms. The second-order valence-electron chi connectivity index (χ2n) is 4.78. The van der Waals surface area contributed by atoms with Crippen LogP contribution in [-0.2, 0) is 12.8 Å². The third-order valence-corrected chi connectivity index (χ3v) is 3.99. The second kappa shape index (κ2) is 6.68. The van der Waals surface area contributed by atoms with Crippen molar-refractivity contribution in [3.63, 3.8) is 0 Å². The highest BCUT2D eigenvalue weighted by atomic mass is 79.9. The third kappa shape index (κ3) is 3.22. The van der Waals surface area contributed by atoms with E-state index in [2.05, 4.69) is 37.5 Å². The molecule has 0 radical (unpaired) electrons. The van der Waals surface area contributed by atoms with Gasteiger partial charge in [0.05, 0.1) is 11.4 Å². The number of nitrogens with zero attached hydrogens (tertiary/aromatic N) is 3. The van der Waals surface area contributed by atoms with Crippen LogP contribution in [0.15, 0.2) is 22.7 Å². The first-order valence-electron chi connectivity index (χ1n) is 6.92. The third-order valence-electron chi connectivity index (χ3n) is 3.34. The van der Waals surface area contributed by atoms with E-state index in [0.717, 1.165) is 39.8 Å². The maximum Gasteiger partial charge on any atom is 0.171 e. The molecule has 5 heteroatoms. The van der Waals surface area contributed by atoms with E-state index in [9.17, 15) is 5.26 Å². The lowest BCUT2D eigenvalue weighted by Crippen LogP contribution is -2.07. The van der Waals surface area contributed by atoms with Crippen molar-refractivity contribution in [3.8, 4) is 6.07 Å². The van der Waals surface area contributed by atoms with Crippen LogP contribution in [0.5, 0.6) is 0 Å². The van der Waals surface area contributed by atoms with Gasteiger partial charge in [0, 0.05) is 4.47 Å². The molecule has 0 saturated heterocycles. The first-order chi connectivity index (χ1) is 10.1. The molecule has 1 aromatic carbocycles. The quantitative estimate of drug-likeness (QED) is 0.898. The summed E-state index contributed by atoms with van der Waals surface area (Å²) in [5, 5.41) is 21.1. The van der Waals surface area contributed by atoms with Gasteiger partial charge in [-0.3, -0.25) is 0 Å². The Kier molecular flexibility index (Phi) is 4.92. The van der Waals surface area contributed by atoms with Crippen LogP contribution < -0.4 is 5.32 Å². The summed E-state index contributed by atoms with van der Waals surface area (Å²) in [6.07, 6.45) is 1.55. The predicted octanol–water partition coefficient (Wildman–Crippen LogP) is 4.29. The molecule has 0 fully saturated rings. The summed E-state index contributed by atoms with van der Waals surface area (Å²) in [7, 11) is 0. The molecule has 0 aliphatic heterocycles. The molecular weight excluding hydrogens is 328 g/mol. The Labute approximate surface area is 133 Å². The van der Waals surface area contributed by atoms with Crippen LogP contribution in [-0.4, -0.2) is 10.2 Å². The minimum atomic E-state index is 0.510. The average molecular weight is 345 g/mol. The standard InChI is InChI=1S/C16H17BrN4/c1-4-11-12(9-18)16(21-20-14(11)5-2)19-15-7-6-10(3)8-13(15)17/h6-8H,4-5H2,1-3H3,(H,19,21). The van der Waals surface area contributed by atoms with Gasteiger partial charge in [-0.25, -0.2) is 0 Å². The summed E-state index contributed by atoms with van der Waals surface area (Å²) in [6, 6.07) is 8.25. The minimum Gasteiger partial charge on any atom is -0.337 e. The zero-order chi connectivity index (χ0) is 15.4. The maximum atomic E-state index is 9.47. The van der Waals surface area contributed by atoms with Crippen LogP contribution >= 0.6 is 15.9 Å². The molecule has 0 aliphatic rings. The lowest BCUT2D eigenvalue weighted by molar-refractivity contribution is 0.877. The van der Waals surface area contributed by atoms with Crippen LogP contribution in [0.2, 0.25) is 0 Å². The van der Waals surface area contributed by atoms with Gasteiger partial charge in [0.15, 0.2) is 5.82 Å². The van der Waals surface area contributed by atoms with E-state index in [4.69, 9.17) is 0 Å². The molecule has 0 bridgehead atoms. The number of anilines is 2. The molecular formula is C16H17BrN4. The predicted molar refractivity (Wildman–Crippen MR) is 87.7 cm³/mol. The molecule has 2 aromatic rings. The van der Waals surface area contributed by atoms with E-state index in [1.807, 2.05) is 39.0 Å². The normalized spacial score (nSPS) is 10.2. The molecule has 0 unspecified atom stereocenters. The summed E-state index contributed by atoms with van der Waals surface area (Å²) in [5.74, 6) is 0.510. The number of halogens is 1. The van der Waals surface area contributed by atoms with E-state index in [1.54, 1.807) is 0 Å². The Morgan fingerprint density at radius 2 is 2.00 bits per heavy atom. The van der Waals surface area contributed by atoms with Gasteiger partial charge < -0.3 is 5.32 Å². The van der Waals surface area contributed by atoms with Crippen LogP contribution in [0.4, 0.5) is 11.5 Å². The van der Waals surface area contributed by atoms with Crippen LogP contribution in [0, 0.1) is 18.3 Å². The maximum absolute atomic E-state index is 9.47. The summed E-state index contributed by atoms with van der Waals surface area (Å²) < 4.78 is 0.936. The van der Waals surface area contributed by atoms with E-state index < -0.39 is 0 Å². The van der Waals surface area contributed by atoms with Crippen molar-refractivity contribution in [3.05, 3.63) is 45.1 Å². The Bertz CT molecular complexity index is 704. The van der Waals surface area contributed by atoms with Crippen LogP contribution in [0.3, 0.4) is 0 Å². The molecule has 1 heterocycles. The molecule has 0 atom stereocenters. The van der Waals surface area contributed by atoms with Gasteiger partial charge in [0.1, 0.15) is 11.6 Å². The van der Waals surface area contributed by atoms with Crippen molar-refractivity contribution in [2.45, 2.75) is 33.6 Å². The Balaban J connectivity index is 2.47. The smallest absolute Gasteiger partial charge is 0.171 e. The fourth-order valence-corrected chi connectivity index (χ4v) is 2.82. The zero-order valence-corrected chi connectivity index (χ0v) is 14.0. The van der Waals surface area contributed by atoms with Gasteiger partial charge in [0.25, 0.3) is 0 Å². The molecule has 1 aromatic heterocycles. The summed E-state index contributed by atoms with van der Waals surface area (Å²) in [4.78, 5) is 0. The Hall–Kier alpha value is -1.93. The monoisotopic (exact) mass is 344 g/mol. The highest BCUT2D eigenvalue weighted by Gasteiger charge is 2.15. The van der Waals surface area contributed by atoms with Crippen molar-refractivity contribution < 1.29 is 0 Å². The fourth-order valence-electron chi connectivity index (χ4n) is 2.23. The van der Waals surface area contributed by atoms with E-state index in [-0.39, 0.29) is 0 Å². The number of nitriles is 1. The minimum absolute atomic E-state index is 0.510. The van der Waals surface area contributed by atoms with Gasteiger partial charge in [-0.2, -0.15) is 10.4 Å². The SMILES string of the molecule is CCc1nnc(Nc2ccc(C)cc2Br)c(C#N)c1CC. The highest BCUT2D eigenvalue weighted by molar-refractivity contribution is 9.10. The van der Waals surface area contributed by atoms with Gasteiger partial charge in [-0.1, -0.05) is 19.9 Å². The average Bonchev–Trinajstić information content (AvgIpc) is 2.49. The molecule has 0 amide bonds. The molecule has 108 valence electrons. The van der Waals surface area contributed by atoms with Gasteiger partial charge in [0.2, 0.25) is 0 Å². The number of aromatic nitrogens is 2. The lowest BCUT2D eigenvalue weighted by atomic mass is 10.0. The molecule has 4 nitrogen and oxygen atoms in total. The lowest BCUT2D eigenvalue weighted by Gasteiger charge is -2.13. The van der Waals surface area contributed by atoms with Gasteiger partial charge in [-0.05, 0) is 59.0 Å². The van der Waals surface area contributed by atoms with E-state index in [0.29, 0.717) is 11.4 Å². The van der Waals surface area contributed by atoms with Crippen LogP contribution in [0.1, 0.15) is 36.2 Å². The van der Waals surface area contributed by atoms with Crippen molar-refractivity contribution in [1.29, 1.82) is 5.26 Å². The number of hydrogen-bond donors (Lipinski definition) is 1. The first-order valence-corrected chi connectivity index (χ1v) is 7.71. The number of hydrogen-bond acceptors (Lipinski definition) is 4. The van der Waals surface area contributed by atoms with Crippen LogP contribution in [0.25, 0.3) is 0 Å². The number of rotatable bonds is 4. The molecule has 0 aliphatic carbocycles. The number of benzene rings is 1. The topological polar surface area (TPSA) is 61.6 Å². The van der Waals surface area contributed by atoms with Crippen molar-refractivity contribution in [1.82, 2.24) is 10.2 Å². The Morgan fingerprint density at radius 1 is 1.24 bits per heavy atom. The number of nitrogens with one attached hydrogen (secondary N) is 1. The van der Waals surface area contributed by atoms with Gasteiger partial charge >= 0.3 is 0 Å². The second-order valence-corrected chi connectivity index (χ2v) is 5.63. The van der Waals surface area contributed by atoms with Crippen molar-refractivity contribution in [2.24, 2.45) is 0 Å². The summed E-state index contributed by atoms with van der Waals surface area (Å²) in [6.45, 7) is 6.08. The molecule has 2 rings (SSSR count). The van der Waals surface area contributed by atoms with E-state index >= 15 is 0 Å². The zero-order valence-electron chi connectivity index (χ0n) is 12.4. The molecule has 1 N–H and O–H groups in total. The van der Waals surface area contributed by atoms with Crippen molar-refractivity contribution in [2.75, 3.05) is 5.32 Å². The Morgan fingerprint density at radius 3 is 2.57 bits per heavy atom. The number of aryl methyl sites for hydroxylation is 2. The summed E-state index contributed by atoms with van der Waals surface area (Å²) >= 11 is 3.52.